The lowest BCUT2D eigenvalue weighted by atomic mass is 10.0. The SMILES string of the molecule is [2H]COc1ccc(F)cc1C(=O)NCc1ccc(-c2nn(C(C[2H])C(F)(F)F)c(N)c2C(N)=O)cc1. The zero-order valence-corrected chi connectivity index (χ0v) is 17.5. The third-order valence-electron chi connectivity index (χ3n) is 4.89. The Bertz CT molecular complexity index is 1270. The minimum absolute atomic E-state index is 0.00973. The van der Waals surface area contributed by atoms with Gasteiger partial charge in [0.25, 0.3) is 11.8 Å². The van der Waals surface area contributed by atoms with Gasteiger partial charge in [0.15, 0.2) is 0 Å². The third-order valence-corrected chi connectivity index (χ3v) is 4.89. The molecule has 1 heterocycles. The summed E-state index contributed by atoms with van der Waals surface area (Å²) in [5.74, 6) is -2.97. The van der Waals surface area contributed by atoms with Gasteiger partial charge in [-0.25, -0.2) is 9.07 Å². The van der Waals surface area contributed by atoms with Crippen molar-refractivity contribution in [2.24, 2.45) is 5.73 Å². The summed E-state index contributed by atoms with van der Waals surface area (Å²) in [5.41, 5.74) is 11.2. The molecule has 0 aliphatic heterocycles. The van der Waals surface area contributed by atoms with E-state index in [0.717, 1.165) is 12.1 Å². The molecule has 180 valence electrons. The van der Waals surface area contributed by atoms with E-state index < -0.39 is 55.2 Å². The van der Waals surface area contributed by atoms with Crippen LogP contribution in [0.5, 0.6) is 5.75 Å². The number of carbonyl (C=O) groups excluding carboxylic acids is 2. The van der Waals surface area contributed by atoms with Gasteiger partial charge < -0.3 is 21.5 Å². The van der Waals surface area contributed by atoms with Gasteiger partial charge in [-0.15, -0.1) is 0 Å². The minimum Gasteiger partial charge on any atom is -0.496 e. The number of benzene rings is 2. The van der Waals surface area contributed by atoms with Crippen LogP contribution in [0.15, 0.2) is 42.5 Å². The van der Waals surface area contributed by atoms with E-state index in [1.165, 1.54) is 30.3 Å². The Balaban J connectivity index is 1.84. The first kappa shape index (κ1) is 21.7. The van der Waals surface area contributed by atoms with Crippen molar-refractivity contribution in [3.8, 4) is 17.0 Å². The summed E-state index contributed by atoms with van der Waals surface area (Å²) in [6.07, 6.45) is -4.83. The quantitative estimate of drug-likeness (QED) is 0.446. The molecule has 0 bridgehead atoms. The molecular formula is C22H21F4N5O3. The highest BCUT2D eigenvalue weighted by Gasteiger charge is 2.40. The maximum atomic E-state index is 13.6. The summed E-state index contributed by atoms with van der Waals surface area (Å²) >= 11 is 0. The zero-order chi connectivity index (χ0) is 26.6. The molecule has 12 heteroatoms. The highest BCUT2D eigenvalue weighted by Crippen LogP contribution is 2.35. The number of hydrogen-bond acceptors (Lipinski definition) is 5. The molecule has 0 fully saturated rings. The topological polar surface area (TPSA) is 125 Å². The van der Waals surface area contributed by atoms with Crippen LogP contribution in [0.25, 0.3) is 11.3 Å². The number of amides is 2. The van der Waals surface area contributed by atoms with Crippen LogP contribution in [0.2, 0.25) is 0 Å². The second-order valence-electron chi connectivity index (χ2n) is 7.14. The van der Waals surface area contributed by atoms with Crippen molar-refractivity contribution in [2.75, 3.05) is 12.8 Å². The number of rotatable bonds is 7. The number of carbonyl (C=O) groups is 2. The van der Waals surface area contributed by atoms with Crippen LogP contribution in [0.1, 0.15) is 42.0 Å². The van der Waals surface area contributed by atoms with E-state index in [1.807, 2.05) is 0 Å². The second kappa shape index (κ2) is 9.41. The number of ether oxygens (including phenoxy) is 1. The van der Waals surface area contributed by atoms with E-state index in [1.54, 1.807) is 0 Å². The number of anilines is 1. The van der Waals surface area contributed by atoms with Crippen LogP contribution in [0, 0.1) is 5.82 Å². The molecule has 2 amide bonds. The molecule has 1 atom stereocenters. The van der Waals surface area contributed by atoms with E-state index >= 15 is 0 Å². The molecule has 0 aliphatic rings. The number of nitrogens with one attached hydrogen (secondary N) is 1. The Morgan fingerprint density at radius 2 is 1.94 bits per heavy atom. The number of nitrogens with zero attached hydrogens (tertiary/aromatic N) is 2. The Hall–Kier alpha value is -4.09. The molecule has 5 N–H and O–H groups in total. The van der Waals surface area contributed by atoms with Gasteiger partial charge in [-0.1, -0.05) is 24.3 Å². The summed E-state index contributed by atoms with van der Waals surface area (Å²) < 4.78 is 73.3. The number of halogens is 4. The van der Waals surface area contributed by atoms with Gasteiger partial charge in [-0.2, -0.15) is 18.3 Å². The van der Waals surface area contributed by atoms with Crippen molar-refractivity contribution < 1.29 is 34.6 Å². The molecule has 0 saturated heterocycles. The molecule has 8 nitrogen and oxygen atoms in total. The first-order valence-electron chi connectivity index (χ1n) is 11.0. The van der Waals surface area contributed by atoms with Crippen LogP contribution >= 0.6 is 0 Å². The molecule has 0 radical (unpaired) electrons. The van der Waals surface area contributed by atoms with Crippen molar-refractivity contribution in [2.45, 2.75) is 25.7 Å². The first-order valence-corrected chi connectivity index (χ1v) is 9.60. The number of nitrogen functional groups attached to an aromatic ring is 1. The molecule has 0 saturated carbocycles. The zero-order valence-electron chi connectivity index (χ0n) is 19.5. The lowest BCUT2D eigenvalue weighted by Gasteiger charge is -2.17. The van der Waals surface area contributed by atoms with Gasteiger partial charge in [-0.3, -0.25) is 9.59 Å². The number of aromatic nitrogens is 2. The molecule has 0 spiro atoms. The lowest BCUT2D eigenvalue weighted by Crippen LogP contribution is -2.26. The van der Waals surface area contributed by atoms with Crippen molar-refractivity contribution >= 4 is 17.6 Å². The highest BCUT2D eigenvalue weighted by molar-refractivity contribution is 6.03. The summed E-state index contributed by atoms with van der Waals surface area (Å²) in [6.45, 7) is -1.12. The van der Waals surface area contributed by atoms with Crippen molar-refractivity contribution in [1.82, 2.24) is 15.1 Å². The molecule has 1 unspecified atom stereocenters. The normalized spacial score (nSPS) is 13.1. The number of primary amides is 1. The Kier molecular flexibility index (Phi) is 6.02. The molecule has 34 heavy (non-hydrogen) atoms. The Labute approximate surface area is 194 Å². The van der Waals surface area contributed by atoms with Crippen LogP contribution < -0.4 is 21.5 Å². The van der Waals surface area contributed by atoms with E-state index in [4.69, 9.17) is 18.9 Å². The predicted molar refractivity (Wildman–Crippen MR) is 115 cm³/mol. The van der Waals surface area contributed by atoms with Gasteiger partial charge in [0, 0.05) is 13.5 Å². The number of alkyl halides is 3. The van der Waals surface area contributed by atoms with Gasteiger partial charge in [-0.05, 0) is 30.7 Å². The fourth-order valence-corrected chi connectivity index (χ4v) is 3.13. The van der Waals surface area contributed by atoms with E-state index in [2.05, 4.69) is 10.4 Å². The fourth-order valence-electron chi connectivity index (χ4n) is 3.13. The molecule has 3 aromatic rings. The lowest BCUT2D eigenvalue weighted by molar-refractivity contribution is -0.164. The summed E-state index contributed by atoms with van der Waals surface area (Å²) in [5, 5.41) is 6.41. The average Bonchev–Trinajstić information content (AvgIpc) is 3.15. The van der Waals surface area contributed by atoms with Crippen molar-refractivity contribution in [3.63, 3.8) is 0 Å². The largest absolute Gasteiger partial charge is 0.496 e. The average molecular weight is 481 g/mol. The Morgan fingerprint density at radius 1 is 1.24 bits per heavy atom. The summed E-state index contributed by atoms with van der Waals surface area (Å²) in [4.78, 5) is 24.4. The summed E-state index contributed by atoms with van der Waals surface area (Å²) in [6, 6.07) is 6.86. The van der Waals surface area contributed by atoms with Crippen LogP contribution in [0.4, 0.5) is 23.4 Å². The van der Waals surface area contributed by atoms with Gasteiger partial charge in [0.05, 0.1) is 14.0 Å². The monoisotopic (exact) mass is 481 g/mol. The molecule has 2 aromatic carbocycles. The van der Waals surface area contributed by atoms with E-state index in [9.17, 15) is 27.2 Å². The second-order valence-corrected chi connectivity index (χ2v) is 7.14. The number of hydrogen-bond donors (Lipinski definition) is 3. The number of nitrogens with two attached hydrogens (primary N) is 2. The van der Waals surface area contributed by atoms with Gasteiger partial charge in [0.1, 0.15) is 34.7 Å². The van der Waals surface area contributed by atoms with Crippen LogP contribution in [-0.4, -0.2) is 34.9 Å². The van der Waals surface area contributed by atoms with Gasteiger partial charge in [0.2, 0.25) is 0 Å². The minimum atomic E-state index is -4.83. The van der Waals surface area contributed by atoms with Crippen LogP contribution in [-0.2, 0) is 6.54 Å². The molecule has 0 aliphatic carbocycles. The first-order chi connectivity index (χ1) is 17.0. The summed E-state index contributed by atoms with van der Waals surface area (Å²) in [7, 11) is -0.466. The standard InChI is InChI=1S/C22H21F4N5O3/c1-11(22(24,25)26)31-19(27)17(20(28)32)18(30-31)13-5-3-12(4-6-13)10-29-21(33)15-9-14(23)7-8-16(15)34-2/h3-9,11H,10,27H2,1-2H3,(H2,28,32)(H,29,33)/i1D,2D. The van der Waals surface area contributed by atoms with Crippen molar-refractivity contribution in [3.05, 3.63) is 65.0 Å². The molecule has 1 aromatic heterocycles. The third kappa shape index (κ3) is 4.95. The smallest absolute Gasteiger partial charge is 0.410 e. The Morgan fingerprint density at radius 3 is 2.53 bits per heavy atom. The molecular weight excluding hydrogens is 458 g/mol. The van der Waals surface area contributed by atoms with Gasteiger partial charge >= 0.3 is 6.18 Å². The van der Waals surface area contributed by atoms with E-state index in [0.29, 0.717) is 10.2 Å². The fraction of sp³-hybridized carbons (Fsp3) is 0.227. The highest BCUT2D eigenvalue weighted by atomic mass is 19.4. The number of methoxy groups -OCH3 is 1. The predicted octanol–water partition coefficient (Wildman–Crippen LogP) is 3.43. The maximum absolute atomic E-state index is 13.6. The van der Waals surface area contributed by atoms with E-state index in [-0.39, 0.29) is 29.1 Å². The molecule has 3 rings (SSSR count). The maximum Gasteiger partial charge on any atom is 0.410 e. The van der Waals surface area contributed by atoms with Crippen LogP contribution in [0.3, 0.4) is 0 Å². The van der Waals surface area contributed by atoms with Crippen molar-refractivity contribution in [1.29, 1.82) is 0 Å².